The average molecular weight is 488 g/mol. The molecule has 182 valence electrons. The van der Waals surface area contributed by atoms with Gasteiger partial charge in [0.2, 0.25) is 5.91 Å². The van der Waals surface area contributed by atoms with E-state index in [2.05, 4.69) is 53.6 Å². The number of nitrogens with zero attached hydrogens (tertiary/aromatic N) is 4. The van der Waals surface area contributed by atoms with Crippen LogP contribution in [-0.2, 0) is 4.79 Å². The lowest BCUT2D eigenvalue weighted by molar-refractivity contribution is -0.116. The molecule has 6 rings (SSSR count). The average Bonchev–Trinajstić information content (AvgIpc) is 3.52. The molecule has 0 bridgehead atoms. The summed E-state index contributed by atoms with van der Waals surface area (Å²) in [6, 6.07) is 18.1. The number of hydrogen-bond acceptors (Lipinski definition) is 5. The molecule has 0 radical (unpaired) electrons. The van der Waals surface area contributed by atoms with E-state index in [9.17, 15) is 4.79 Å². The van der Waals surface area contributed by atoms with E-state index in [-0.39, 0.29) is 11.8 Å². The van der Waals surface area contributed by atoms with Crippen LogP contribution >= 0.6 is 0 Å². The third-order valence-corrected chi connectivity index (χ3v) is 6.23. The van der Waals surface area contributed by atoms with E-state index in [4.69, 9.17) is 0 Å². The molecule has 5 heterocycles. The Balaban J connectivity index is 1.38. The van der Waals surface area contributed by atoms with Crippen molar-refractivity contribution in [2.45, 2.75) is 20.3 Å². The largest absolute Gasteiger partial charge is 0.353 e. The Morgan fingerprint density at radius 2 is 1.84 bits per heavy atom. The molecule has 1 aromatic carbocycles. The Kier molecular flexibility index (Phi) is 5.69. The zero-order valence-electron chi connectivity index (χ0n) is 20.5. The van der Waals surface area contributed by atoms with Crippen LogP contribution < -0.4 is 5.32 Å². The van der Waals surface area contributed by atoms with Gasteiger partial charge < -0.3 is 10.3 Å². The van der Waals surface area contributed by atoms with Crippen LogP contribution in [0.3, 0.4) is 0 Å². The van der Waals surface area contributed by atoms with Crippen LogP contribution in [0.25, 0.3) is 55.7 Å². The minimum Gasteiger partial charge on any atom is -0.353 e. The molecule has 0 spiro atoms. The Hall–Kier alpha value is -4.85. The van der Waals surface area contributed by atoms with Crippen molar-refractivity contribution >= 4 is 33.5 Å². The van der Waals surface area contributed by atoms with Crippen molar-refractivity contribution in [2.24, 2.45) is 5.92 Å². The van der Waals surface area contributed by atoms with E-state index in [1.165, 1.54) is 0 Å². The topological polar surface area (TPSA) is 112 Å². The highest BCUT2D eigenvalue weighted by molar-refractivity contribution is 6.00. The van der Waals surface area contributed by atoms with Gasteiger partial charge in [0.05, 0.1) is 23.3 Å². The minimum atomic E-state index is -0.0245. The number of carbonyl (C=O) groups excluding carboxylic acids is 1. The number of benzene rings is 1. The van der Waals surface area contributed by atoms with Gasteiger partial charge in [0.15, 0.2) is 5.65 Å². The monoisotopic (exact) mass is 487 g/mol. The van der Waals surface area contributed by atoms with Crippen molar-refractivity contribution in [3.05, 3.63) is 79.4 Å². The van der Waals surface area contributed by atoms with Gasteiger partial charge in [-0.05, 0) is 42.3 Å². The molecule has 6 aromatic rings. The second-order valence-electron chi connectivity index (χ2n) is 9.47. The van der Waals surface area contributed by atoms with E-state index >= 15 is 0 Å². The molecule has 0 aliphatic rings. The summed E-state index contributed by atoms with van der Waals surface area (Å²) in [5, 5.41) is 12.5. The standard InChI is InChI=1S/C29H25N7O/c1-17(2)10-27(37)33-20-11-18(14-30-16-20)19-12-23-28(35-36-29(23)32-15-19)26-13-22-21(6-5-8-25(22)34-26)24-7-3-4-9-31-24/h3-9,11-17,34H,10H2,1-2H3,(H,33,37)(H,32,35,36). The van der Waals surface area contributed by atoms with Crippen molar-refractivity contribution in [1.82, 2.24) is 30.1 Å². The molecule has 0 atom stereocenters. The van der Waals surface area contributed by atoms with Crippen LogP contribution in [0.1, 0.15) is 20.3 Å². The summed E-state index contributed by atoms with van der Waals surface area (Å²) in [4.78, 5) is 29.2. The highest BCUT2D eigenvalue weighted by Gasteiger charge is 2.15. The minimum absolute atomic E-state index is 0.0245. The van der Waals surface area contributed by atoms with Crippen molar-refractivity contribution < 1.29 is 4.79 Å². The Bertz CT molecular complexity index is 1730. The van der Waals surface area contributed by atoms with Gasteiger partial charge in [-0.1, -0.05) is 32.0 Å². The number of aromatic nitrogens is 6. The second kappa shape index (κ2) is 9.31. The number of rotatable bonds is 6. The van der Waals surface area contributed by atoms with Gasteiger partial charge in [-0.2, -0.15) is 5.10 Å². The van der Waals surface area contributed by atoms with Crippen LogP contribution in [-0.4, -0.2) is 36.0 Å². The Morgan fingerprint density at radius 1 is 0.946 bits per heavy atom. The van der Waals surface area contributed by atoms with Gasteiger partial charge in [0, 0.05) is 58.0 Å². The first-order valence-electron chi connectivity index (χ1n) is 12.2. The molecule has 0 saturated carbocycles. The molecule has 1 amide bonds. The lowest BCUT2D eigenvalue weighted by Crippen LogP contribution is -2.13. The third-order valence-electron chi connectivity index (χ3n) is 6.23. The molecule has 0 saturated heterocycles. The van der Waals surface area contributed by atoms with Gasteiger partial charge in [-0.3, -0.25) is 19.9 Å². The zero-order valence-corrected chi connectivity index (χ0v) is 20.5. The number of hydrogen-bond donors (Lipinski definition) is 3. The molecule has 0 aliphatic carbocycles. The fourth-order valence-electron chi connectivity index (χ4n) is 4.54. The first-order chi connectivity index (χ1) is 18.0. The highest BCUT2D eigenvalue weighted by atomic mass is 16.1. The first-order valence-corrected chi connectivity index (χ1v) is 12.2. The molecular weight excluding hydrogens is 462 g/mol. The number of aromatic amines is 2. The van der Waals surface area contributed by atoms with Gasteiger partial charge in [-0.25, -0.2) is 4.98 Å². The predicted molar refractivity (Wildman–Crippen MR) is 146 cm³/mol. The van der Waals surface area contributed by atoms with E-state index in [1.54, 1.807) is 24.8 Å². The zero-order chi connectivity index (χ0) is 25.4. The molecule has 0 fully saturated rings. The lowest BCUT2D eigenvalue weighted by Gasteiger charge is -2.08. The molecule has 0 aliphatic heterocycles. The van der Waals surface area contributed by atoms with E-state index < -0.39 is 0 Å². The maximum absolute atomic E-state index is 12.2. The van der Waals surface area contributed by atoms with E-state index in [1.807, 2.05) is 50.2 Å². The van der Waals surface area contributed by atoms with Crippen molar-refractivity contribution in [3.8, 4) is 33.8 Å². The molecule has 3 N–H and O–H groups in total. The fraction of sp³-hybridized carbons (Fsp3) is 0.138. The summed E-state index contributed by atoms with van der Waals surface area (Å²) >= 11 is 0. The third kappa shape index (κ3) is 4.45. The SMILES string of the molecule is CC(C)CC(=O)Nc1cncc(-c2cnc3[nH]nc(-c4cc5c(-c6ccccn6)cccc5[nH]4)c3c2)c1. The summed E-state index contributed by atoms with van der Waals surface area (Å²) in [5.41, 5.74) is 7.74. The van der Waals surface area contributed by atoms with Crippen molar-refractivity contribution in [3.63, 3.8) is 0 Å². The number of nitrogens with one attached hydrogen (secondary N) is 3. The van der Waals surface area contributed by atoms with Crippen LogP contribution in [0.2, 0.25) is 0 Å². The number of pyridine rings is 3. The van der Waals surface area contributed by atoms with Crippen LogP contribution in [0.15, 0.2) is 79.4 Å². The summed E-state index contributed by atoms with van der Waals surface area (Å²) in [6.07, 6.45) is 7.47. The molecule has 8 nitrogen and oxygen atoms in total. The quantitative estimate of drug-likeness (QED) is 0.258. The summed E-state index contributed by atoms with van der Waals surface area (Å²) in [7, 11) is 0. The van der Waals surface area contributed by atoms with Gasteiger partial charge in [0.1, 0.15) is 5.69 Å². The van der Waals surface area contributed by atoms with Crippen molar-refractivity contribution in [2.75, 3.05) is 5.32 Å². The van der Waals surface area contributed by atoms with Crippen LogP contribution in [0.4, 0.5) is 5.69 Å². The Morgan fingerprint density at radius 3 is 2.68 bits per heavy atom. The highest BCUT2D eigenvalue weighted by Crippen LogP contribution is 2.34. The number of carbonyl (C=O) groups is 1. The summed E-state index contributed by atoms with van der Waals surface area (Å²) in [6.45, 7) is 4.04. The number of fused-ring (bicyclic) bond motifs is 2. The molecule has 5 aromatic heterocycles. The smallest absolute Gasteiger partial charge is 0.224 e. The number of anilines is 1. The van der Waals surface area contributed by atoms with Gasteiger partial charge in [0.25, 0.3) is 0 Å². The lowest BCUT2D eigenvalue weighted by atomic mass is 10.1. The van der Waals surface area contributed by atoms with Crippen LogP contribution in [0, 0.1) is 5.92 Å². The normalized spacial score (nSPS) is 11.4. The van der Waals surface area contributed by atoms with E-state index in [0.29, 0.717) is 17.8 Å². The maximum atomic E-state index is 12.2. The number of amides is 1. The van der Waals surface area contributed by atoms with Crippen LogP contribution in [0.5, 0.6) is 0 Å². The van der Waals surface area contributed by atoms with Gasteiger partial charge >= 0.3 is 0 Å². The predicted octanol–water partition coefficient (Wildman–Crippen LogP) is 6.21. The van der Waals surface area contributed by atoms with Crippen molar-refractivity contribution in [1.29, 1.82) is 0 Å². The Labute approximate surface area is 213 Å². The molecule has 8 heteroatoms. The summed E-state index contributed by atoms with van der Waals surface area (Å²) in [5.74, 6) is 0.260. The second-order valence-corrected chi connectivity index (χ2v) is 9.47. The molecule has 0 unspecified atom stereocenters. The fourth-order valence-corrected chi connectivity index (χ4v) is 4.54. The molecule has 37 heavy (non-hydrogen) atoms. The molecular formula is C29H25N7O. The van der Waals surface area contributed by atoms with E-state index in [0.717, 1.165) is 50.1 Å². The number of H-pyrrole nitrogens is 2. The van der Waals surface area contributed by atoms with Gasteiger partial charge in [-0.15, -0.1) is 0 Å². The first kappa shape index (κ1) is 22.6. The maximum Gasteiger partial charge on any atom is 0.224 e. The summed E-state index contributed by atoms with van der Waals surface area (Å²) < 4.78 is 0.